The maximum Gasteiger partial charge on any atom is 0.175 e. The van der Waals surface area contributed by atoms with Crippen LogP contribution in [0.4, 0.5) is 0 Å². The minimum Gasteiger partial charge on any atom is -0.455 e. The Morgan fingerprint density at radius 3 is 2.17 bits per heavy atom. The molecule has 0 N–H and O–H groups in total. The molecule has 0 aliphatic rings. The number of sulfone groups is 1. The Morgan fingerprint density at radius 1 is 0.862 bits per heavy atom. The van der Waals surface area contributed by atoms with Crippen molar-refractivity contribution in [2.24, 2.45) is 0 Å². The lowest BCUT2D eigenvalue weighted by molar-refractivity contribution is 0.601. The minimum atomic E-state index is -3.30. The van der Waals surface area contributed by atoms with Crippen molar-refractivity contribution in [3.63, 3.8) is 0 Å². The van der Waals surface area contributed by atoms with E-state index in [1.165, 1.54) is 6.26 Å². The Labute approximate surface area is 183 Å². The van der Waals surface area contributed by atoms with Crippen molar-refractivity contribution in [1.82, 2.24) is 0 Å². The number of hydrogen-bond donors (Lipinski definition) is 0. The number of halogens is 2. The summed E-state index contributed by atoms with van der Waals surface area (Å²) in [4.78, 5) is 0.233. The highest BCUT2D eigenvalue weighted by molar-refractivity contribution is 7.90. The minimum absolute atomic E-state index is 0.233. The Bertz CT molecular complexity index is 1410. The van der Waals surface area contributed by atoms with Crippen LogP contribution in [0.25, 0.3) is 33.4 Å². The Kier molecular flexibility index (Phi) is 5.25. The molecule has 0 fully saturated rings. The SMILES string of the molecule is CS(=O)(=O)c1ccc(-c2oc3ccccc3c(=S)c2-c2ccc(Cl)c(Cl)c2)cc1. The molecular formula is C22H14Cl2O3S2. The van der Waals surface area contributed by atoms with Crippen molar-refractivity contribution >= 4 is 56.2 Å². The molecule has 0 aliphatic heterocycles. The van der Waals surface area contributed by atoms with E-state index in [1.807, 2.05) is 30.3 Å². The van der Waals surface area contributed by atoms with Gasteiger partial charge in [0.1, 0.15) is 11.3 Å². The van der Waals surface area contributed by atoms with Gasteiger partial charge in [0.05, 0.1) is 19.5 Å². The van der Waals surface area contributed by atoms with Gasteiger partial charge in [-0.3, -0.25) is 0 Å². The Hall–Kier alpha value is -2.18. The summed E-state index contributed by atoms with van der Waals surface area (Å²) in [5.74, 6) is 0.534. The first kappa shape index (κ1) is 20.1. The average molecular weight is 461 g/mol. The molecule has 0 saturated carbocycles. The van der Waals surface area contributed by atoms with E-state index >= 15 is 0 Å². The van der Waals surface area contributed by atoms with Crippen molar-refractivity contribution < 1.29 is 12.8 Å². The molecular weight excluding hydrogens is 447 g/mol. The van der Waals surface area contributed by atoms with Crippen molar-refractivity contribution in [2.75, 3.05) is 6.26 Å². The third-order valence-corrected chi connectivity index (χ3v) is 6.84. The normalized spacial score (nSPS) is 11.7. The van der Waals surface area contributed by atoms with Crippen LogP contribution in [0.15, 0.2) is 76.0 Å². The predicted molar refractivity (Wildman–Crippen MR) is 121 cm³/mol. The fourth-order valence-electron chi connectivity index (χ4n) is 3.11. The highest BCUT2D eigenvalue weighted by Crippen LogP contribution is 2.39. The van der Waals surface area contributed by atoms with E-state index in [4.69, 9.17) is 39.8 Å². The second-order valence-electron chi connectivity index (χ2n) is 6.56. The van der Waals surface area contributed by atoms with Gasteiger partial charge in [0.25, 0.3) is 0 Å². The highest BCUT2D eigenvalue weighted by atomic mass is 35.5. The molecule has 29 heavy (non-hydrogen) atoms. The summed E-state index contributed by atoms with van der Waals surface area (Å²) in [6.07, 6.45) is 1.17. The summed E-state index contributed by atoms with van der Waals surface area (Å²) in [6.45, 7) is 0. The first-order valence-corrected chi connectivity index (χ1v) is 11.6. The Balaban J connectivity index is 2.04. The molecule has 0 radical (unpaired) electrons. The fraction of sp³-hybridized carbons (Fsp3) is 0.0455. The van der Waals surface area contributed by atoms with E-state index in [0.717, 1.165) is 10.9 Å². The van der Waals surface area contributed by atoms with Crippen molar-refractivity contribution in [2.45, 2.75) is 4.90 Å². The van der Waals surface area contributed by atoms with E-state index in [2.05, 4.69) is 0 Å². The van der Waals surface area contributed by atoms with E-state index in [1.54, 1.807) is 36.4 Å². The molecule has 0 amide bonds. The van der Waals surface area contributed by atoms with Gasteiger partial charge in [0.2, 0.25) is 0 Å². The van der Waals surface area contributed by atoms with Gasteiger partial charge in [0.15, 0.2) is 9.84 Å². The van der Waals surface area contributed by atoms with Crippen molar-refractivity contribution in [3.8, 4) is 22.5 Å². The zero-order valence-corrected chi connectivity index (χ0v) is 18.3. The van der Waals surface area contributed by atoms with Gasteiger partial charge in [0, 0.05) is 22.8 Å². The topological polar surface area (TPSA) is 47.3 Å². The molecule has 3 nitrogen and oxygen atoms in total. The second kappa shape index (κ2) is 7.58. The molecule has 7 heteroatoms. The van der Waals surface area contributed by atoms with Crippen molar-refractivity contribution in [1.29, 1.82) is 0 Å². The summed E-state index contributed by atoms with van der Waals surface area (Å²) in [5.41, 5.74) is 2.81. The zero-order chi connectivity index (χ0) is 20.8. The van der Waals surface area contributed by atoms with Gasteiger partial charge in [-0.05, 0) is 54.1 Å². The maximum atomic E-state index is 11.8. The lowest BCUT2D eigenvalue weighted by Gasteiger charge is -2.13. The van der Waals surface area contributed by atoms with E-state index < -0.39 is 9.84 Å². The number of hydrogen-bond acceptors (Lipinski definition) is 4. The number of fused-ring (bicyclic) bond motifs is 1. The van der Waals surface area contributed by atoms with Crippen LogP contribution in [0.1, 0.15) is 0 Å². The standard InChI is InChI=1S/C22H14Cl2O3S2/c1-29(25,26)15-9-6-13(7-10-15)21-20(14-8-11-17(23)18(24)12-14)22(28)16-4-2-3-5-19(16)27-21/h2-12H,1H3. The summed E-state index contributed by atoms with van der Waals surface area (Å²) in [5, 5.41) is 1.66. The van der Waals surface area contributed by atoms with Gasteiger partial charge >= 0.3 is 0 Å². The number of benzene rings is 3. The molecule has 3 aromatic carbocycles. The molecule has 0 saturated heterocycles. The molecule has 4 rings (SSSR count). The van der Waals surface area contributed by atoms with Gasteiger partial charge in [-0.15, -0.1) is 0 Å². The van der Waals surface area contributed by atoms with Crippen LogP contribution >= 0.6 is 35.4 Å². The summed E-state index contributed by atoms with van der Waals surface area (Å²) in [6, 6.07) is 19.3. The molecule has 4 aromatic rings. The van der Waals surface area contributed by atoms with E-state index in [0.29, 0.717) is 37.0 Å². The third-order valence-electron chi connectivity index (χ3n) is 4.55. The zero-order valence-electron chi connectivity index (χ0n) is 15.1. The molecule has 0 spiro atoms. The molecule has 0 bridgehead atoms. The van der Waals surface area contributed by atoms with Crippen molar-refractivity contribution in [3.05, 3.63) is 81.3 Å². The van der Waals surface area contributed by atoms with Crippen LogP contribution in [-0.2, 0) is 9.84 Å². The van der Waals surface area contributed by atoms with Crippen LogP contribution in [0, 0.1) is 4.51 Å². The van der Waals surface area contributed by atoms with E-state index in [9.17, 15) is 8.42 Å². The monoisotopic (exact) mass is 460 g/mol. The largest absolute Gasteiger partial charge is 0.455 e. The molecule has 0 aliphatic carbocycles. The summed E-state index contributed by atoms with van der Waals surface area (Å²) < 4.78 is 30.4. The van der Waals surface area contributed by atoms with Crippen LogP contribution in [0.2, 0.25) is 10.0 Å². The smallest absolute Gasteiger partial charge is 0.175 e. The summed E-state index contributed by atoms with van der Waals surface area (Å²) in [7, 11) is -3.30. The molecule has 1 heterocycles. The highest BCUT2D eigenvalue weighted by Gasteiger charge is 2.17. The molecule has 1 aromatic heterocycles. The predicted octanol–water partition coefficient (Wildman–Crippen LogP) is 7.21. The van der Waals surface area contributed by atoms with Gasteiger partial charge in [-0.1, -0.05) is 53.6 Å². The Morgan fingerprint density at radius 2 is 1.52 bits per heavy atom. The maximum absolute atomic E-state index is 11.8. The lowest BCUT2D eigenvalue weighted by Crippen LogP contribution is -1.96. The summed E-state index contributed by atoms with van der Waals surface area (Å²) >= 11 is 18.1. The number of rotatable bonds is 3. The van der Waals surface area contributed by atoms with Crippen LogP contribution in [0.3, 0.4) is 0 Å². The number of para-hydroxylation sites is 1. The molecule has 0 unspecified atom stereocenters. The van der Waals surface area contributed by atoms with Gasteiger partial charge in [-0.25, -0.2) is 8.42 Å². The van der Waals surface area contributed by atoms with Gasteiger partial charge < -0.3 is 4.42 Å². The molecule has 146 valence electrons. The van der Waals surface area contributed by atoms with Crippen LogP contribution < -0.4 is 0 Å². The molecule has 0 atom stereocenters. The van der Waals surface area contributed by atoms with Crippen LogP contribution in [-0.4, -0.2) is 14.7 Å². The quantitative estimate of drug-likeness (QED) is 0.303. The fourth-order valence-corrected chi connectivity index (χ4v) is 4.42. The van der Waals surface area contributed by atoms with Crippen LogP contribution in [0.5, 0.6) is 0 Å². The first-order valence-electron chi connectivity index (χ1n) is 8.57. The average Bonchev–Trinajstić information content (AvgIpc) is 2.70. The lowest BCUT2D eigenvalue weighted by atomic mass is 9.99. The second-order valence-corrected chi connectivity index (χ2v) is 9.80. The third kappa shape index (κ3) is 3.83. The van der Waals surface area contributed by atoms with E-state index in [-0.39, 0.29) is 4.90 Å². The first-order chi connectivity index (χ1) is 13.8. The van der Waals surface area contributed by atoms with Gasteiger partial charge in [-0.2, -0.15) is 0 Å².